The lowest BCUT2D eigenvalue weighted by molar-refractivity contribution is -0.191. The van der Waals surface area contributed by atoms with Gasteiger partial charge in [-0.3, -0.25) is 4.79 Å². The SMILES string of the molecule is CCC1(NCC(=O)OC)CCC1.O=C=O. The summed E-state index contributed by atoms with van der Waals surface area (Å²) in [7, 11) is 1.42. The molecule has 0 aliphatic heterocycles. The van der Waals surface area contributed by atoms with Gasteiger partial charge in [-0.05, 0) is 25.7 Å². The molecule has 0 aromatic rings. The molecule has 1 N–H and O–H groups in total. The first-order valence-electron chi connectivity index (χ1n) is 4.95. The van der Waals surface area contributed by atoms with E-state index in [1.165, 1.54) is 26.4 Å². The zero-order chi connectivity index (χ0) is 11.7. The molecule has 0 saturated heterocycles. The number of carbonyl (C=O) groups is 1. The molecular formula is C10H17NO4. The van der Waals surface area contributed by atoms with Crippen LogP contribution in [0.3, 0.4) is 0 Å². The van der Waals surface area contributed by atoms with Crippen LogP contribution in [0, 0.1) is 0 Å². The smallest absolute Gasteiger partial charge is 0.373 e. The number of ether oxygens (including phenoxy) is 1. The average Bonchev–Trinajstić information content (AvgIpc) is 2.18. The van der Waals surface area contributed by atoms with Crippen LogP contribution in [-0.4, -0.2) is 31.3 Å². The lowest BCUT2D eigenvalue weighted by atomic mass is 9.75. The van der Waals surface area contributed by atoms with Gasteiger partial charge in [-0.1, -0.05) is 6.92 Å². The fourth-order valence-electron chi connectivity index (χ4n) is 1.59. The van der Waals surface area contributed by atoms with E-state index < -0.39 is 0 Å². The van der Waals surface area contributed by atoms with Crippen molar-refractivity contribution in [2.45, 2.75) is 38.1 Å². The quantitative estimate of drug-likeness (QED) is 0.691. The van der Waals surface area contributed by atoms with E-state index in [4.69, 9.17) is 9.59 Å². The van der Waals surface area contributed by atoms with Crippen molar-refractivity contribution in [1.82, 2.24) is 5.32 Å². The van der Waals surface area contributed by atoms with Gasteiger partial charge in [0.05, 0.1) is 13.7 Å². The Morgan fingerprint density at radius 3 is 2.27 bits per heavy atom. The van der Waals surface area contributed by atoms with E-state index in [9.17, 15) is 4.79 Å². The predicted molar refractivity (Wildman–Crippen MR) is 51.9 cm³/mol. The van der Waals surface area contributed by atoms with Crippen molar-refractivity contribution in [3.63, 3.8) is 0 Å². The Kier molecular flexibility index (Phi) is 6.58. The van der Waals surface area contributed by atoms with Crippen LogP contribution in [0.4, 0.5) is 0 Å². The summed E-state index contributed by atoms with van der Waals surface area (Å²) in [6, 6.07) is 0. The van der Waals surface area contributed by atoms with E-state index in [2.05, 4.69) is 17.0 Å². The highest BCUT2D eigenvalue weighted by molar-refractivity contribution is 5.71. The van der Waals surface area contributed by atoms with E-state index in [0.29, 0.717) is 6.54 Å². The lowest BCUT2D eigenvalue weighted by Gasteiger charge is -2.42. The Morgan fingerprint density at radius 1 is 1.47 bits per heavy atom. The molecule has 1 aliphatic rings. The van der Waals surface area contributed by atoms with Gasteiger partial charge < -0.3 is 10.1 Å². The molecule has 0 radical (unpaired) electrons. The molecule has 0 spiro atoms. The molecule has 0 aromatic heterocycles. The number of nitrogens with one attached hydrogen (secondary N) is 1. The Labute approximate surface area is 89.2 Å². The first-order chi connectivity index (χ1) is 7.14. The molecule has 0 bridgehead atoms. The summed E-state index contributed by atoms with van der Waals surface area (Å²) in [6.45, 7) is 2.51. The summed E-state index contributed by atoms with van der Waals surface area (Å²) in [4.78, 5) is 27.1. The minimum Gasteiger partial charge on any atom is -0.468 e. The lowest BCUT2D eigenvalue weighted by Crippen LogP contribution is -2.52. The van der Waals surface area contributed by atoms with Crippen molar-refractivity contribution < 1.29 is 19.1 Å². The summed E-state index contributed by atoms with van der Waals surface area (Å²) in [6.07, 6.45) is 5.02. The molecule has 1 fully saturated rings. The first-order valence-corrected chi connectivity index (χ1v) is 4.95. The van der Waals surface area contributed by atoms with E-state index in [1.807, 2.05) is 0 Å². The number of hydrogen-bond donors (Lipinski definition) is 1. The highest BCUT2D eigenvalue weighted by Gasteiger charge is 2.34. The minimum atomic E-state index is -0.172. The van der Waals surface area contributed by atoms with Crippen molar-refractivity contribution in [2.75, 3.05) is 13.7 Å². The highest BCUT2D eigenvalue weighted by Crippen LogP contribution is 2.34. The maximum Gasteiger partial charge on any atom is 0.373 e. The van der Waals surface area contributed by atoms with Gasteiger partial charge in [-0.2, -0.15) is 9.59 Å². The number of methoxy groups -OCH3 is 1. The van der Waals surface area contributed by atoms with Gasteiger partial charge in [0.25, 0.3) is 0 Å². The summed E-state index contributed by atoms with van der Waals surface area (Å²) in [5, 5.41) is 3.26. The minimum absolute atomic E-state index is 0.172. The second kappa shape index (κ2) is 7.15. The Morgan fingerprint density at radius 2 is 2.00 bits per heavy atom. The number of rotatable bonds is 4. The van der Waals surface area contributed by atoms with Gasteiger partial charge in [0.2, 0.25) is 0 Å². The molecule has 0 amide bonds. The van der Waals surface area contributed by atoms with Crippen molar-refractivity contribution in [1.29, 1.82) is 0 Å². The molecule has 5 nitrogen and oxygen atoms in total. The molecule has 1 saturated carbocycles. The third-order valence-electron chi connectivity index (χ3n) is 2.82. The van der Waals surface area contributed by atoms with Gasteiger partial charge in [0, 0.05) is 5.54 Å². The van der Waals surface area contributed by atoms with E-state index in [0.717, 1.165) is 6.42 Å². The molecule has 0 atom stereocenters. The molecule has 1 aliphatic carbocycles. The van der Waals surface area contributed by atoms with Gasteiger partial charge in [0.15, 0.2) is 0 Å². The van der Waals surface area contributed by atoms with Crippen LogP contribution in [0.25, 0.3) is 0 Å². The second-order valence-electron chi connectivity index (χ2n) is 3.50. The third kappa shape index (κ3) is 4.72. The molecule has 0 heterocycles. The molecule has 86 valence electrons. The number of esters is 1. The normalized spacial score (nSPS) is 16.4. The second-order valence-corrected chi connectivity index (χ2v) is 3.50. The van der Waals surface area contributed by atoms with E-state index >= 15 is 0 Å². The van der Waals surface area contributed by atoms with E-state index in [1.54, 1.807) is 0 Å². The van der Waals surface area contributed by atoms with Crippen molar-refractivity contribution in [3.8, 4) is 0 Å². The summed E-state index contributed by atoms with van der Waals surface area (Å²) in [5.41, 5.74) is 0.244. The zero-order valence-corrected chi connectivity index (χ0v) is 9.17. The van der Waals surface area contributed by atoms with Gasteiger partial charge in [-0.15, -0.1) is 0 Å². The molecule has 1 rings (SSSR count). The molecule has 5 heteroatoms. The molecular weight excluding hydrogens is 198 g/mol. The maximum atomic E-state index is 10.8. The van der Waals surface area contributed by atoms with Gasteiger partial charge in [0.1, 0.15) is 0 Å². The average molecular weight is 215 g/mol. The van der Waals surface area contributed by atoms with Crippen molar-refractivity contribution >= 4 is 12.1 Å². The molecule has 15 heavy (non-hydrogen) atoms. The fraction of sp³-hybridized carbons (Fsp3) is 0.800. The fourth-order valence-corrected chi connectivity index (χ4v) is 1.59. The van der Waals surface area contributed by atoms with Crippen LogP contribution in [0.1, 0.15) is 32.6 Å². The third-order valence-corrected chi connectivity index (χ3v) is 2.82. The maximum absolute atomic E-state index is 10.8. The standard InChI is InChI=1S/C9H17NO2.CO2/c1-3-9(5-4-6-9)10-7-8(11)12-2;2-1-3/h10H,3-7H2,1-2H3;. The monoisotopic (exact) mass is 215 g/mol. The van der Waals surface area contributed by atoms with Crippen LogP contribution < -0.4 is 5.32 Å². The van der Waals surface area contributed by atoms with Crippen LogP contribution in [0.5, 0.6) is 0 Å². The Balaban J connectivity index is 0.000000583. The topological polar surface area (TPSA) is 72.5 Å². The highest BCUT2D eigenvalue weighted by atomic mass is 16.5. The summed E-state index contributed by atoms with van der Waals surface area (Å²) < 4.78 is 4.56. The van der Waals surface area contributed by atoms with Crippen molar-refractivity contribution in [3.05, 3.63) is 0 Å². The molecule has 0 unspecified atom stereocenters. The summed E-state index contributed by atoms with van der Waals surface area (Å²) >= 11 is 0. The predicted octanol–water partition coefficient (Wildman–Crippen LogP) is 0.498. The van der Waals surface area contributed by atoms with Crippen LogP contribution in [-0.2, 0) is 19.1 Å². The van der Waals surface area contributed by atoms with Crippen LogP contribution in [0.2, 0.25) is 0 Å². The zero-order valence-electron chi connectivity index (χ0n) is 9.17. The van der Waals surface area contributed by atoms with Crippen LogP contribution >= 0.6 is 0 Å². The summed E-state index contributed by atoms with van der Waals surface area (Å²) in [5.74, 6) is -0.172. The number of hydrogen-bond acceptors (Lipinski definition) is 5. The van der Waals surface area contributed by atoms with Crippen molar-refractivity contribution in [2.24, 2.45) is 0 Å². The largest absolute Gasteiger partial charge is 0.468 e. The number of carbonyl (C=O) groups excluding carboxylic acids is 3. The Hall–Kier alpha value is -1.19. The molecule has 0 aromatic carbocycles. The van der Waals surface area contributed by atoms with Gasteiger partial charge >= 0.3 is 12.1 Å². The van der Waals surface area contributed by atoms with Gasteiger partial charge in [-0.25, -0.2) is 0 Å². The van der Waals surface area contributed by atoms with Crippen LogP contribution in [0.15, 0.2) is 0 Å². The first kappa shape index (κ1) is 13.8. The Bertz CT molecular complexity index is 224. The van der Waals surface area contributed by atoms with E-state index in [-0.39, 0.29) is 17.7 Å².